The summed E-state index contributed by atoms with van der Waals surface area (Å²) < 4.78 is 11.1. The van der Waals surface area contributed by atoms with Crippen molar-refractivity contribution in [2.45, 2.75) is 26.2 Å². The largest absolute Gasteiger partial charge is 0.454 e. The molecule has 0 unspecified atom stereocenters. The Morgan fingerprint density at radius 2 is 1.79 bits per heavy atom. The Hall–Kier alpha value is -2.26. The van der Waals surface area contributed by atoms with E-state index in [9.17, 15) is 0 Å². The van der Waals surface area contributed by atoms with Crippen LogP contribution >= 0.6 is 12.4 Å². The summed E-state index contributed by atoms with van der Waals surface area (Å²) in [7, 11) is 0. The van der Waals surface area contributed by atoms with Gasteiger partial charge in [-0.25, -0.2) is 4.98 Å². The van der Waals surface area contributed by atoms with Crippen LogP contribution in [-0.2, 0) is 12.8 Å². The number of fused-ring (bicyclic) bond motifs is 5. The van der Waals surface area contributed by atoms with E-state index in [2.05, 4.69) is 37.3 Å². The van der Waals surface area contributed by atoms with Gasteiger partial charge in [0.15, 0.2) is 11.5 Å². The van der Waals surface area contributed by atoms with Gasteiger partial charge >= 0.3 is 0 Å². The van der Waals surface area contributed by atoms with E-state index in [1.165, 1.54) is 34.1 Å². The quantitative estimate of drug-likeness (QED) is 0.586. The van der Waals surface area contributed by atoms with Gasteiger partial charge in [-0.2, -0.15) is 0 Å². The molecular weight excluding hydrogens is 322 g/mol. The molecule has 0 N–H and O–H groups in total. The fourth-order valence-electron chi connectivity index (χ4n) is 3.81. The first-order chi connectivity index (χ1) is 11.3. The van der Waals surface area contributed by atoms with Crippen LogP contribution in [0, 0.1) is 6.92 Å². The lowest BCUT2D eigenvalue weighted by Gasteiger charge is -2.14. The monoisotopic (exact) mass is 339 g/mol. The zero-order valence-corrected chi connectivity index (χ0v) is 14.3. The van der Waals surface area contributed by atoms with Crippen LogP contribution in [0.4, 0.5) is 0 Å². The van der Waals surface area contributed by atoms with Crippen molar-refractivity contribution in [3.8, 4) is 22.8 Å². The maximum atomic E-state index is 5.54. The molecule has 0 fully saturated rings. The standard InChI is InChI=1S/C20H17NO2.ClH/c1-12-14-8-4-6-13-5-2-3-7-15(13)20(14)21-17-10-19-18(9-16(12)17)22-11-23-19;/h2-3,5,7,9-10H,4,6,8,11H2,1H3;1H. The third-order valence-electron chi connectivity index (χ3n) is 5.01. The smallest absolute Gasteiger partial charge is 0.231 e. The normalized spacial score (nSPS) is 14.5. The van der Waals surface area contributed by atoms with Crippen LogP contribution in [0.1, 0.15) is 23.1 Å². The van der Waals surface area contributed by atoms with E-state index in [-0.39, 0.29) is 12.4 Å². The minimum absolute atomic E-state index is 0. The lowest BCUT2D eigenvalue weighted by atomic mass is 9.96. The Labute approximate surface area is 147 Å². The van der Waals surface area contributed by atoms with Gasteiger partial charge in [-0.3, -0.25) is 0 Å². The van der Waals surface area contributed by atoms with E-state index in [1.807, 2.05) is 6.07 Å². The maximum absolute atomic E-state index is 5.54. The molecule has 0 spiro atoms. The summed E-state index contributed by atoms with van der Waals surface area (Å²) in [5.41, 5.74) is 7.51. The van der Waals surface area contributed by atoms with Crippen molar-refractivity contribution >= 4 is 23.3 Å². The van der Waals surface area contributed by atoms with Gasteiger partial charge in [0.25, 0.3) is 0 Å². The molecule has 0 saturated carbocycles. The van der Waals surface area contributed by atoms with E-state index < -0.39 is 0 Å². The average molecular weight is 340 g/mol. The van der Waals surface area contributed by atoms with Gasteiger partial charge in [0.1, 0.15) is 0 Å². The highest BCUT2D eigenvalue weighted by Gasteiger charge is 2.22. The van der Waals surface area contributed by atoms with Gasteiger partial charge in [0.2, 0.25) is 6.79 Å². The number of pyridine rings is 1. The highest BCUT2D eigenvalue weighted by Crippen LogP contribution is 2.40. The number of hydrogen-bond donors (Lipinski definition) is 0. The summed E-state index contributed by atoms with van der Waals surface area (Å²) in [4.78, 5) is 5.02. The fourth-order valence-corrected chi connectivity index (χ4v) is 3.81. The van der Waals surface area contributed by atoms with Crippen LogP contribution in [0.3, 0.4) is 0 Å². The number of halogens is 1. The molecule has 1 aliphatic heterocycles. The molecule has 122 valence electrons. The van der Waals surface area contributed by atoms with Crippen molar-refractivity contribution in [1.82, 2.24) is 4.98 Å². The second-order valence-electron chi connectivity index (χ2n) is 6.30. The minimum Gasteiger partial charge on any atom is -0.454 e. The average Bonchev–Trinajstić information content (AvgIpc) is 2.94. The molecule has 24 heavy (non-hydrogen) atoms. The number of rotatable bonds is 0. The van der Waals surface area contributed by atoms with Crippen LogP contribution in [0.25, 0.3) is 22.2 Å². The van der Waals surface area contributed by atoms with Gasteiger partial charge in [0.05, 0.1) is 11.2 Å². The van der Waals surface area contributed by atoms with E-state index in [0.29, 0.717) is 6.79 Å². The molecule has 3 nitrogen and oxygen atoms in total. The van der Waals surface area contributed by atoms with Crippen LogP contribution < -0.4 is 9.47 Å². The molecule has 0 bridgehead atoms. The number of hydrogen-bond acceptors (Lipinski definition) is 3. The van der Waals surface area contributed by atoms with Gasteiger partial charge in [-0.15, -0.1) is 12.4 Å². The molecule has 1 aliphatic carbocycles. The molecule has 0 saturated heterocycles. The number of ether oxygens (including phenoxy) is 2. The molecule has 5 rings (SSSR count). The Balaban J connectivity index is 0.00000146. The highest BCUT2D eigenvalue weighted by molar-refractivity contribution is 5.90. The molecule has 2 aliphatic rings. The lowest BCUT2D eigenvalue weighted by Crippen LogP contribution is -1.98. The first-order valence-electron chi connectivity index (χ1n) is 8.12. The summed E-state index contributed by atoms with van der Waals surface area (Å²) in [5.74, 6) is 1.63. The van der Waals surface area contributed by atoms with Crippen LogP contribution in [0.15, 0.2) is 36.4 Å². The van der Waals surface area contributed by atoms with Crippen LogP contribution in [0.2, 0.25) is 0 Å². The highest BCUT2D eigenvalue weighted by atomic mass is 35.5. The van der Waals surface area contributed by atoms with Crippen molar-refractivity contribution in [3.63, 3.8) is 0 Å². The molecule has 0 atom stereocenters. The van der Waals surface area contributed by atoms with Gasteiger partial charge in [-0.1, -0.05) is 24.3 Å². The molecule has 3 aromatic rings. The summed E-state index contributed by atoms with van der Waals surface area (Å²) in [6.45, 7) is 2.51. The molecular formula is C20H18ClNO2. The summed E-state index contributed by atoms with van der Waals surface area (Å²) in [5, 5.41) is 1.17. The number of aromatic nitrogens is 1. The van der Waals surface area contributed by atoms with Crippen molar-refractivity contribution in [2.75, 3.05) is 6.79 Å². The Bertz CT molecular complexity index is 952. The number of aryl methyl sites for hydroxylation is 2. The Morgan fingerprint density at radius 1 is 1.00 bits per heavy atom. The van der Waals surface area contributed by atoms with Crippen molar-refractivity contribution in [3.05, 3.63) is 53.1 Å². The van der Waals surface area contributed by atoms with E-state index >= 15 is 0 Å². The first-order valence-corrected chi connectivity index (χ1v) is 8.12. The second kappa shape index (κ2) is 5.67. The maximum Gasteiger partial charge on any atom is 0.231 e. The zero-order chi connectivity index (χ0) is 15.4. The lowest BCUT2D eigenvalue weighted by molar-refractivity contribution is 0.174. The summed E-state index contributed by atoms with van der Waals surface area (Å²) >= 11 is 0. The van der Waals surface area contributed by atoms with Crippen molar-refractivity contribution in [2.24, 2.45) is 0 Å². The Morgan fingerprint density at radius 3 is 2.67 bits per heavy atom. The van der Waals surface area contributed by atoms with Gasteiger partial charge in [0, 0.05) is 17.0 Å². The van der Waals surface area contributed by atoms with Crippen LogP contribution in [0.5, 0.6) is 11.5 Å². The third kappa shape index (κ3) is 2.15. The summed E-state index contributed by atoms with van der Waals surface area (Å²) in [6.07, 6.45) is 3.36. The third-order valence-corrected chi connectivity index (χ3v) is 5.01. The minimum atomic E-state index is 0. The number of nitrogens with zero attached hydrogens (tertiary/aromatic N) is 1. The van der Waals surface area contributed by atoms with Crippen molar-refractivity contribution in [1.29, 1.82) is 0 Å². The molecule has 0 radical (unpaired) electrons. The van der Waals surface area contributed by atoms with E-state index in [4.69, 9.17) is 14.5 Å². The van der Waals surface area contributed by atoms with E-state index in [0.717, 1.165) is 35.6 Å². The van der Waals surface area contributed by atoms with Gasteiger partial charge < -0.3 is 9.47 Å². The van der Waals surface area contributed by atoms with E-state index in [1.54, 1.807) is 0 Å². The fraction of sp³-hybridized carbons (Fsp3) is 0.250. The predicted octanol–water partition coefficient (Wildman–Crippen LogP) is 4.85. The molecule has 2 heterocycles. The Kier molecular flexibility index (Phi) is 3.61. The van der Waals surface area contributed by atoms with Crippen molar-refractivity contribution < 1.29 is 9.47 Å². The topological polar surface area (TPSA) is 31.4 Å². The molecule has 4 heteroatoms. The van der Waals surface area contributed by atoms with Gasteiger partial charge in [-0.05, 0) is 48.9 Å². The number of benzene rings is 2. The van der Waals surface area contributed by atoms with Crippen LogP contribution in [-0.4, -0.2) is 11.8 Å². The zero-order valence-electron chi connectivity index (χ0n) is 13.5. The first kappa shape index (κ1) is 15.3. The molecule has 1 aromatic heterocycles. The molecule has 0 amide bonds. The predicted molar refractivity (Wildman–Crippen MR) is 97.3 cm³/mol. The summed E-state index contributed by atoms with van der Waals surface area (Å²) in [6, 6.07) is 12.7. The SMILES string of the molecule is Cc1c2c(nc3cc4c(cc13)OCO4)-c1ccccc1CCC2.Cl. The molecule has 2 aromatic carbocycles. The second-order valence-corrected chi connectivity index (χ2v) is 6.30.